The topological polar surface area (TPSA) is 64.7 Å². The predicted octanol–water partition coefficient (Wildman–Crippen LogP) is 2.01. The number of nitrogens with zero attached hydrogens (tertiary/aromatic N) is 2. The number of piperazine rings is 1. The Balaban J connectivity index is 1.77. The summed E-state index contributed by atoms with van der Waals surface area (Å²) in [6, 6.07) is 7.08. The molecule has 0 atom stereocenters. The lowest BCUT2D eigenvalue weighted by Gasteiger charge is -2.34. The Bertz CT molecular complexity index is 557. The van der Waals surface area contributed by atoms with E-state index in [0.717, 1.165) is 0 Å². The van der Waals surface area contributed by atoms with Crippen LogP contribution in [0.25, 0.3) is 0 Å². The van der Waals surface area contributed by atoms with Gasteiger partial charge in [-0.15, -0.1) is 0 Å². The smallest absolute Gasteiger partial charge is 0.321 e. The molecule has 1 aliphatic rings. The molecular weight excluding hydrogens is 316 g/mol. The number of amides is 3. The van der Waals surface area contributed by atoms with Crippen molar-refractivity contribution in [2.24, 2.45) is 0 Å². The Hall–Kier alpha value is -1.79. The summed E-state index contributed by atoms with van der Waals surface area (Å²) < 4.78 is 0. The van der Waals surface area contributed by atoms with Gasteiger partial charge in [-0.2, -0.15) is 0 Å². The molecule has 1 fully saturated rings. The van der Waals surface area contributed by atoms with Gasteiger partial charge >= 0.3 is 6.03 Å². The highest BCUT2D eigenvalue weighted by Crippen LogP contribution is 2.15. The molecule has 1 heterocycles. The second-order valence-electron chi connectivity index (χ2n) is 5.93. The van der Waals surface area contributed by atoms with Crippen molar-refractivity contribution >= 4 is 29.2 Å². The molecule has 0 radical (unpaired) electrons. The van der Waals surface area contributed by atoms with Crippen molar-refractivity contribution in [2.45, 2.75) is 19.9 Å². The molecule has 2 N–H and O–H groups in total. The van der Waals surface area contributed by atoms with Crippen molar-refractivity contribution in [3.05, 3.63) is 29.3 Å². The van der Waals surface area contributed by atoms with Gasteiger partial charge in [0.25, 0.3) is 0 Å². The predicted molar refractivity (Wildman–Crippen MR) is 91.8 cm³/mol. The molecule has 0 spiro atoms. The molecule has 1 aliphatic heterocycles. The lowest BCUT2D eigenvalue weighted by Crippen LogP contribution is -2.52. The molecule has 0 aliphatic carbocycles. The van der Waals surface area contributed by atoms with E-state index in [0.29, 0.717) is 43.4 Å². The van der Waals surface area contributed by atoms with Gasteiger partial charge in [-0.05, 0) is 32.0 Å². The van der Waals surface area contributed by atoms with Crippen molar-refractivity contribution in [3.8, 4) is 0 Å². The van der Waals surface area contributed by atoms with E-state index in [-0.39, 0.29) is 18.0 Å². The monoisotopic (exact) mass is 338 g/mol. The van der Waals surface area contributed by atoms with E-state index >= 15 is 0 Å². The van der Waals surface area contributed by atoms with Gasteiger partial charge in [0, 0.05) is 42.9 Å². The average molecular weight is 339 g/mol. The molecule has 23 heavy (non-hydrogen) atoms. The van der Waals surface area contributed by atoms with Crippen molar-refractivity contribution in [1.82, 2.24) is 15.1 Å². The highest BCUT2D eigenvalue weighted by Gasteiger charge is 2.22. The second-order valence-corrected chi connectivity index (χ2v) is 6.36. The van der Waals surface area contributed by atoms with Crippen LogP contribution in [-0.2, 0) is 4.79 Å². The number of anilines is 1. The SMILES string of the molecule is CC(C)NC(=O)CN1CCN(C(=O)Nc2cccc(Cl)c2)CC1. The van der Waals surface area contributed by atoms with Crippen LogP contribution >= 0.6 is 11.6 Å². The zero-order chi connectivity index (χ0) is 16.8. The number of urea groups is 1. The van der Waals surface area contributed by atoms with Crippen molar-refractivity contribution in [1.29, 1.82) is 0 Å². The van der Waals surface area contributed by atoms with Crippen LogP contribution in [0.3, 0.4) is 0 Å². The standard InChI is InChI=1S/C16H23ClN4O2/c1-12(2)18-15(22)11-20-6-8-21(9-7-20)16(23)19-14-5-3-4-13(17)10-14/h3-5,10,12H,6-9,11H2,1-2H3,(H,18,22)(H,19,23). The Morgan fingerprint density at radius 1 is 1.22 bits per heavy atom. The number of hydrogen-bond donors (Lipinski definition) is 2. The van der Waals surface area contributed by atoms with Gasteiger partial charge in [0.15, 0.2) is 0 Å². The lowest BCUT2D eigenvalue weighted by atomic mass is 10.3. The third-order valence-corrected chi connectivity index (χ3v) is 3.79. The summed E-state index contributed by atoms with van der Waals surface area (Å²) in [7, 11) is 0. The van der Waals surface area contributed by atoms with Gasteiger partial charge in [-0.1, -0.05) is 17.7 Å². The summed E-state index contributed by atoms with van der Waals surface area (Å²) in [5, 5.41) is 6.30. The maximum atomic E-state index is 12.2. The maximum Gasteiger partial charge on any atom is 0.321 e. The molecule has 2 rings (SSSR count). The molecular formula is C16H23ClN4O2. The van der Waals surface area contributed by atoms with E-state index in [9.17, 15) is 9.59 Å². The minimum absolute atomic E-state index is 0.0248. The quantitative estimate of drug-likeness (QED) is 0.882. The largest absolute Gasteiger partial charge is 0.353 e. The van der Waals surface area contributed by atoms with Crippen LogP contribution in [0.1, 0.15) is 13.8 Å². The first kappa shape index (κ1) is 17.6. The number of carbonyl (C=O) groups is 2. The van der Waals surface area contributed by atoms with Crippen molar-refractivity contribution in [3.63, 3.8) is 0 Å². The highest BCUT2D eigenvalue weighted by atomic mass is 35.5. The summed E-state index contributed by atoms with van der Waals surface area (Å²) in [4.78, 5) is 27.8. The fourth-order valence-electron chi connectivity index (χ4n) is 2.45. The summed E-state index contributed by atoms with van der Waals surface area (Å²) >= 11 is 5.91. The van der Waals surface area contributed by atoms with Crippen LogP contribution in [0.2, 0.25) is 5.02 Å². The van der Waals surface area contributed by atoms with Crippen LogP contribution in [0.5, 0.6) is 0 Å². The van der Waals surface area contributed by atoms with Crippen molar-refractivity contribution < 1.29 is 9.59 Å². The minimum atomic E-state index is -0.140. The maximum absolute atomic E-state index is 12.2. The van der Waals surface area contributed by atoms with E-state index < -0.39 is 0 Å². The summed E-state index contributed by atoms with van der Waals surface area (Å²) in [6.07, 6.45) is 0. The molecule has 0 aromatic heterocycles. The Morgan fingerprint density at radius 3 is 2.52 bits per heavy atom. The zero-order valence-electron chi connectivity index (χ0n) is 13.5. The molecule has 0 unspecified atom stereocenters. The molecule has 0 bridgehead atoms. The number of hydrogen-bond acceptors (Lipinski definition) is 3. The molecule has 0 saturated carbocycles. The molecule has 1 aromatic rings. The molecule has 1 saturated heterocycles. The van der Waals surface area contributed by atoms with Gasteiger partial charge in [-0.3, -0.25) is 9.69 Å². The summed E-state index contributed by atoms with van der Waals surface area (Å²) in [5.74, 6) is 0.0248. The van der Waals surface area contributed by atoms with Crippen LogP contribution in [0, 0.1) is 0 Å². The van der Waals surface area contributed by atoms with Gasteiger partial charge in [-0.25, -0.2) is 4.79 Å². The first-order chi connectivity index (χ1) is 10.9. The summed E-state index contributed by atoms with van der Waals surface area (Å²) in [5.41, 5.74) is 0.682. The number of nitrogens with one attached hydrogen (secondary N) is 2. The first-order valence-electron chi connectivity index (χ1n) is 7.77. The lowest BCUT2D eigenvalue weighted by molar-refractivity contribution is -0.123. The van der Waals surface area contributed by atoms with Gasteiger partial charge in [0.05, 0.1) is 6.54 Å². The Labute approximate surface area is 141 Å². The highest BCUT2D eigenvalue weighted by molar-refractivity contribution is 6.30. The van der Waals surface area contributed by atoms with E-state index in [2.05, 4.69) is 15.5 Å². The molecule has 126 valence electrons. The third kappa shape index (κ3) is 5.73. The van der Waals surface area contributed by atoms with E-state index in [1.807, 2.05) is 13.8 Å². The molecule has 1 aromatic carbocycles. The second kappa shape index (κ2) is 8.17. The fourth-order valence-corrected chi connectivity index (χ4v) is 2.64. The van der Waals surface area contributed by atoms with Crippen LogP contribution < -0.4 is 10.6 Å². The number of rotatable bonds is 4. The van der Waals surface area contributed by atoms with Gasteiger partial charge in [0.1, 0.15) is 0 Å². The molecule has 6 nitrogen and oxygen atoms in total. The van der Waals surface area contributed by atoms with Crippen molar-refractivity contribution in [2.75, 3.05) is 38.0 Å². The number of carbonyl (C=O) groups excluding carboxylic acids is 2. The van der Waals surface area contributed by atoms with Crippen LogP contribution in [-0.4, -0.2) is 60.5 Å². The Kier molecular flexibility index (Phi) is 6.24. The number of halogens is 1. The normalized spacial score (nSPS) is 15.6. The van der Waals surface area contributed by atoms with Gasteiger partial charge < -0.3 is 15.5 Å². The van der Waals surface area contributed by atoms with Crippen LogP contribution in [0.15, 0.2) is 24.3 Å². The third-order valence-electron chi connectivity index (χ3n) is 3.55. The fraction of sp³-hybridized carbons (Fsp3) is 0.500. The van der Waals surface area contributed by atoms with Gasteiger partial charge in [0.2, 0.25) is 5.91 Å². The van der Waals surface area contributed by atoms with E-state index in [1.165, 1.54) is 0 Å². The number of benzene rings is 1. The Morgan fingerprint density at radius 2 is 1.91 bits per heavy atom. The van der Waals surface area contributed by atoms with E-state index in [4.69, 9.17) is 11.6 Å². The van der Waals surface area contributed by atoms with E-state index in [1.54, 1.807) is 29.2 Å². The minimum Gasteiger partial charge on any atom is -0.353 e. The summed E-state index contributed by atoms with van der Waals surface area (Å²) in [6.45, 7) is 6.83. The zero-order valence-corrected chi connectivity index (χ0v) is 14.3. The first-order valence-corrected chi connectivity index (χ1v) is 8.15. The molecule has 3 amide bonds. The van der Waals surface area contributed by atoms with Crippen LogP contribution in [0.4, 0.5) is 10.5 Å². The molecule has 7 heteroatoms. The average Bonchev–Trinajstić information content (AvgIpc) is 2.47.